The number of rotatable bonds is 4. The Morgan fingerprint density at radius 2 is 1.96 bits per heavy atom. The normalized spacial score (nSPS) is 22.5. The molecule has 3 rings (SSSR count). The monoisotopic (exact) mass is 452 g/mol. The van der Waals surface area contributed by atoms with Crippen molar-refractivity contribution in [3.8, 4) is 0 Å². The predicted molar refractivity (Wildman–Crippen MR) is 93.3 cm³/mol. The number of halogens is 4. The van der Waals surface area contributed by atoms with Gasteiger partial charge in [-0.25, -0.2) is 26.9 Å². The topological polar surface area (TPSA) is 86.8 Å². The summed E-state index contributed by atoms with van der Waals surface area (Å²) in [4.78, 5) is 26.3. The van der Waals surface area contributed by atoms with E-state index in [2.05, 4.69) is 0 Å². The molecule has 26 heavy (non-hydrogen) atoms. The number of hydrogen-bond acceptors (Lipinski definition) is 4. The molecule has 0 bridgehead atoms. The minimum atomic E-state index is -3.94. The molecule has 137 valence electrons. The van der Waals surface area contributed by atoms with Crippen molar-refractivity contribution in [2.24, 2.45) is 0 Å². The molecule has 0 spiro atoms. The fourth-order valence-electron chi connectivity index (χ4n) is 2.81. The summed E-state index contributed by atoms with van der Waals surface area (Å²) in [5.41, 5.74) is -0.716. The molecule has 1 aromatic carbocycles. The van der Waals surface area contributed by atoms with Crippen molar-refractivity contribution in [2.45, 2.75) is 18.6 Å². The van der Waals surface area contributed by atoms with Crippen LogP contribution in [0.25, 0.3) is 0 Å². The summed E-state index contributed by atoms with van der Waals surface area (Å²) in [6, 6.07) is -0.180. The number of hydrogen-bond donors (Lipinski definition) is 1. The van der Waals surface area contributed by atoms with Gasteiger partial charge in [-0.05, 0) is 12.1 Å². The zero-order valence-corrected chi connectivity index (χ0v) is 18.8. The molecule has 1 N–H and O–H groups in total. The molecule has 3 amide bonds. The number of nitrogens with one attached hydrogen (secondary N) is 1. The van der Waals surface area contributed by atoms with Gasteiger partial charge in [-0.15, -0.1) is 11.6 Å². The summed E-state index contributed by atoms with van der Waals surface area (Å²) in [5, 5.41) is -1.05. The van der Waals surface area contributed by atoms with Crippen molar-refractivity contribution in [3.05, 3.63) is 23.0 Å². The largest absolute Gasteiger partial charge is 0.332 e. The average molecular weight is 453 g/mol. The molecule has 0 saturated carbocycles. The second-order valence-corrected chi connectivity index (χ2v) is 8.28. The van der Waals surface area contributed by atoms with E-state index in [1.807, 2.05) is 4.72 Å². The van der Waals surface area contributed by atoms with Gasteiger partial charge in [0.15, 0.2) is 0 Å². The van der Waals surface area contributed by atoms with E-state index in [-0.39, 0.29) is 75.1 Å². The van der Waals surface area contributed by atoms with Crippen molar-refractivity contribution < 1.29 is 26.8 Å². The van der Waals surface area contributed by atoms with Gasteiger partial charge in [0.2, 0.25) is 10.0 Å². The summed E-state index contributed by atoms with van der Waals surface area (Å²) < 4.78 is 52.8. The molecule has 0 aliphatic carbocycles. The quantitative estimate of drug-likeness (QED) is 0.429. The summed E-state index contributed by atoms with van der Waals surface area (Å²) in [6.07, 6.45) is -1.48. The number of alkyl halides is 2. The molecule has 2 fully saturated rings. The number of fused-ring (bicyclic) bond motifs is 1. The van der Waals surface area contributed by atoms with Crippen LogP contribution in [0.1, 0.15) is 6.42 Å². The SMILES string of the molecule is O=C1[C@@H]2C[C@H](F)CN2C(=O)N1c1cc(NS(=O)(=O)CCl)c(Cl)cc1F.[K]. The Labute approximate surface area is 200 Å². The summed E-state index contributed by atoms with van der Waals surface area (Å²) >= 11 is 11.1. The first-order chi connectivity index (χ1) is 11.6. The third-order valence-corrected chi connectivity index (χ3v) is 5.87. The predicted octanol–water partition coefficient (Wildman–Crippen LogP) is 1.92. The van der Waals surface area contributed by atoms with Gasteiger partial charge >= 0.3 is 6.03 Å². The van der Waals surface area contributed by atoms with E-state index in [0.717, 1.165) is 17.0 Å². The fraction of sp³-hybridized carbons (Fsp3) is 0.385. The molecule has 0 aromatic heterocycles. The maximum atomic E-state index is 14.3. The second-order valence-electron chi connectivity index (χ2n) is 5.57. The van der Waals surface area contributed by atoms with Crippen LogP contribution >= 0.6 is 23.2 Å². The van der Waals surface area contributed by atoms with Crippen molar-refractivity contribution in [3.63, 3.8) is 0 Å². The molecular formula is C13H11Cl2F2KN3O4S. The van der Waals surface area contributed by atoms with E-state index in [9.17, 15) is 26.8 Å². The third-order valence-electron chi connectivity index (χ3n) is 3.88. The number of imide groups is 1. The van der Waals surface area contributed by atoms with E-state index in [4.69, 9.17) is 23.2 Å². The Hall–Kier alpha value is -0.0136. The molecular weight excluding hydrogens is 442 g/mol. The number of sulfonamides is 1. The van der Waals surface area contributed by atoms with Crippen LogP contribution in [0.2, 0.25) is 5.02 Å². The van der Waals surface area contributed by atoms with Crippen LogP contribution in [0.4, 0.5) is 25.0 Å². The first-order valence-electron chi connectivity index (χ1n) is 6.98. The smallest absolute Gasteiger partial charge is 0.309 e. The zero-order valence-electron chi connectivity index (χ0n) is 13.4. The Bertz CT molecular complexity index is 849. The van der Waals surface area contributed by atoms with Gasteiger partial charge in [0.1, 0.15) is 23.2 Å². The molecule has 1 radical (unpaired) electrons. The van der Waals surface area contributed by atoms with E-state index in [1.165, 1.54) is 0 Å². The van der Waals surface area contributed by atoms with E-state index in [0.29, 0.717) is 4.90 Å². The van der Waals surface area contributed by atoms with E-state index in [1.54, 1.807) is 0 Å². The van der Waals surface area contributed by atoms with Crippen molar-refractivity contribution in [1.29, 1.82) is 0 Å². The van der Waals surface area contributed by atoms with Gasteiger partial charge < -0.3 is 4.90 Å². The number of carbonyl (C=O) groups excluding carboxylic acids is 2. The molecule has 13 heteroatoms. The van der Waals surface area contributed by atoms with E-state index >= 15 is 0 Å². The molecule has 2 aliphatic rings. The minimum absolute atomic E-state index is 0. The summed E-state index contributed by atoms with van der Waals surface area (Å²) in [6.45, 7) is -0.257. The molecule has 1 aromatic rings. The second kappa shape index (κ2) is 8.15. The number of anilines is 2. The standard InChI is InChI=1S/C13H11Cl2F2N3O4S.K/c14-5-25(23,24)18-9-3-10(8(17)2-7(9)15)20-12(21)11-1-6(16)4-19(11)13(20)22;/h2-3,6,11,18H,1,4-5H2;/t6-,11-;/m0./s1. The van der Waals surface area contributed by atoms with Gasteiger partial charge in [-0.1, -0.05) is 11.6 Å². The van der Waals surface area contributed by atoms with Crippen molar-refractivity contribution in [2.75, 3.05) is 21.4 Å². The minimum Gasteiger partial charge on any atom is -0.309 e. The molecule has 2 aliphatic heterocycles. The van der Waals surface area contributed by atoms with Crippen LogP contribution in [0, 0.1) is 5.82 Å². The van der Waals surface area contributed by atoms with Crippen LogP contribution in [0.15, 0.2) is 12.1 Å². The van der Waals surface area contributed by atoms with Gasteiger partial charge in [-0.3, -0.25) is 9.52 Å². The maximum Gasteiger partial charge on any atom is 0.332 e. The van der Waals surface area contributed by atoms with Crippen LogP contribution in [0.3, 0.4) is 0 Å². The van der Waals surface area contributed by atoms with Crippen LogP contribution in [-0.2, 0) is 14.8 Å². The number of benzene rings is 1. The van der Waals surface area contributed by atoms with Gasteiger partial charge in [0.25, 0.3) is 5.91 Å². The fourth-order valence-corrected chi connectivity index (χ4v) is 3.78. The molecule has 2 saturated heterocycles. The van der Waals surface area contributed by atoms with Gasteiger partial charge in [0.05, 0.1) is 22.9 Å². The first kappa shape index (κ1) is 22.3. The summed E-state index contributed by atoms with van der Waals surface area (Å²) in [7, 11) is -3.94. The molecule has 2 atom stereocenters. The molecule has 0 unspecified atom stereocenters. The number of urea groups is 1. The van der Waals surface area contributed by atoms with Crippen LogP contribution in [-0.4, -0.2) is 101 Å². The third kappa shape index (κ3) is 4.04. The zero-order chi connectivity index (χ0) is 18.5. The Morgan fingerprint density at radius 1 is 1.31 bits per heavy atom. The van der Waals surface area contributed by atoms with Crippen LogP contribution < -0.4 is 9.62 Å². The van der Waals surface area contributed by atoms with Crippen LogP contribution in [0.5, 0.6) is 0 Å². The Balaban J connectivity index is 0.00000243. The van der Waals surface area contributed by atoms with E-state index < -0.39 is 50.9 Å². The van der Waals surface area contributed by atoms with Gasteiger partial charge in [0, 0.05) is 57.8 Å². The van der Waals surface area contributed by atoms with Crippen molar-refractivity contribution >= 4 is 108 Å². The van der Waals surface area contributed by atoms with Crippen molar-refractivity contribution in [1.82, 2.24) is 4.90 Å². The molecule has 7 nitrogen and oxygen atoms in total. The molecule has 2 heterocycles. The van der Waals surface area contributed by atoms with Gasteiger partial charge in [-0.2, -0.15) is 0 Å². The number of amides is 3. The summed E-state index contributed by atoms with van der Waals surface area (Å²) in [5.74, 6) is -1.78. The average Bonchev–Trinajstić information content (AvgIpc) is 3.01. The Kier molecular flexibility index (Phi) is 6.99. The number of carbonyl (C=O) groups is 2. The number of nitrogens with zero attached hydrogens (tertiary/aromatic N) is 2. The maximum absolute atomic E-state index is 14.3. The Morgan fingerprint density at radius 3 is 2.54 bits per heavy atom. The first-order valence-corrected chi connectivity index (χ1v) is 9.55.